The number of ether oxygens (including phenoxy) is 3. The first kappa shape index (κ1) is 33.2. The Morgan fingerprint density at radius 3 is 2.20 bits per heavy atom. The Morgan fingerprint density at radius 2 is 1.62 bits per heavy atom. The lowest BCUT2D eigenvalue weighted by atomic mass is 10.0. The van der Waals surface area contributed by atoms with E-state index in [0.29, 0.717) is 47.8 Å². The number of hydrogen-bond acceptors (Lipinski definition) is 8. The second kappa shape index (κ2) is 15.1. The van der Waals surface area contributed by atoms with Crippen LogP contribution in [0.3, 0.4) is 0 Å². The fourth-order valence-electron chi connectivity index (χ4n) is 4.85. The summed E-state index contributed by atoms with van der Waals surface area (Å²) >= 11 is 0. The van der Waals surface area contributed by atoms with Crippen molar-refractivity contribution in [3.8, 4) is 11.5 Å². The van der Waals surface area contributed by atoms with E-state index in [4.69, 9.17) is 14.2 Å². The zero-order chi connectivity index (χ0) is 29.8. The maximum absolute atomic E-state index is 14.8. The molecule has 0 aliphatic heterocycles. The van der Waals surface area contributed by atoms with Gasteiger partial charge in [-0.25, -0.2) is 0 Å². The van der Waals surface area contributed by atoms with Crippen molar-refractivity contribution in [3.05, 3.63) is 53.6 Å². The molecule has 0 amide bonds. The average Bonchev–Trinajstić information content (AvgIpc) is 2.94. The average molecular weight is 577 g/mol. The first-order chi connectivity index (χ1) is 19.0. The molecule has 2 aromatic rings. The maximum atomic E-state index is 14.8. The van der Waals surface area contributed by atoms with Crippen molar-refractivity contribution < 1.29 is 37.9 Å². The molecule has 0 aliphatic rings. The second-order valence-electron chi connectivity index (χ2n) is 9.86. The lowest BCUT2D eigenvalue weighted by Gasteiger charge is -2.44. The third-order valence-electron chi connectivity index (χ3n) is 7.12. The van der Waals surface area contributed by atoms with Crippen LogP contribution in [0.25, 0.3) is 0 Å². The largest absolute Gasteiger partial charge is 0.493 e. The molecule has 8 nitrogen and oxygen atoms in total. The minimum Gasteiger partial charge on any atom is -0.493 e. The lowest BCUT2D eigenvalue weighted by Crippen LogP contribution is -2.53. The summed E-state index contributed by atoms with van der Waals surface area (Å²) in [6.45, 7) is 8.56. The van der Waals surface area contributed by atoms with Gasteiger partial charge in [-0.1, -0.05) is 31.5 Å². The molecule has 0 heterocycles. The van der Waals surface area contributed by atoms with E-state index in [1.807, 2.05) is 6.92 Å². The highest BCUT2D eigenvalue weighted by Crippen LogP contribution is 2.42. The summed E-state index contributed by atoms with van der Waals surface area (Å²) in [6.07, 6.45) is 2.34. The van der Waals surface area contributed by atoms with E-state index in [0.717, 1.165) is 12.0 Å². The number of Topliss-reactive ketones (excluding diaryl/α,β-unsaturated/α-hetero) is 1. The monoisotopic (exact) mass is 576 g/mol. The summed E-state index contributed by atoms with van der Waals surface area (Å²) in [5, 5.41) is 8.80. The minimum atomic E-state index is -4.10. The molecule has 0 saturated carbocycles. The standard InChI is InChI=1S/C31H44O8S/c1-6-13-28-29(18-17-27(24(4)33)31(28)39-19-11-16-30(35)37-7-2)38-20-12-21-40(36,25(5)34,23(3)22-32)26-14-9-8-10-15-26/h8-10,14-15,17-18,23,32H,6-7,11-13,16,19-22H2,1-5H3. The van der Waals surface area contributed by atoms with E-state index < -0.39 is 19.4 Å². The predicted molar refractivity (Wildman–Crippen MR) is 157 cm³/mol. The fourth-order valence-corrected chi connectivity index (χ4v) is 8.90. The highest BCUT2D eigenvalue weighted by Gasteiger charge is 2.48. The van der Waals surface area contributed by atoms with Crippen molar-refractivity contribution >= 4 is 25.9 Å². The van der Waals surface area contributed by atoms with Crippen LogP contribution in [0.1, 0.15) is 76.2 Å². The second-order valence-corrected chi connectivity index (χ2v) is 14.5. The molecule has 9 heteroatoms. The summed E-state index contributed by atoms with van der Waals surface area (Å²) < 4.78 is 31.9. The minimum absolute atomic E-state index is 0.0458. The number of rotatable bonds is 17. The van der Waals surface area contributed by atoms with Gasteiger partial charge in [0.1, 0.15) is 11.5 Å². The van der Waals surface area contributed by atoms with Crippen LogP contribution >= 0.6 is 0 Å². The summed E-state index contributed by atoms with van der Waals surface area (Å²) in [5.74, 6) is 0.599. The molecule has 0 spiro atoms. The molecule has 0 fully saturated rings. The summed E-state index contributed by atoms with van der Waals surface area (Å²) in [6, 6.07) is 12.1. The lowest BCUT2D eigenvalue weighted by molar-refractivity contribution is -0.143. The predicted octanol–water partition coefficient (Wildman–Crippen LogP) is 5.14. The van der Waals surface area contributed by atoms with Gasteiger partial charge in [0.15, 0.2) is 10.9 Å². The van der Waals surface area contributed by atoms with Gasteiger partial charge in [0.2, 0.25) is 0 Å². The Morgan fingerprint density at radius 1 is 0.950 bits per heavy atom. The van der Waals surface area contributed by atoms with Crippen LogP contribution in [-0.2, 0) is 29.8 Å². The zero-order valence-electron chi connectivity index (χ0n) is 24.4. The van der Waals surface area contributed by atoms with E-state index in [2.05, 4.69) is 0 Å². The van der Waals surface area contributed by atoms with Crippen LogP contribution in [0.15, 0.2) is 47.4 Å². The number of hydrogen-bond donors (Lipinski definition) is 1. The molecule has 1 N–H and O–H groups in total. The smallest absolute Gasteiger partial charge is 0.305 e. The molecular formula is C31H44O8S. The van der Waals surface area contributed by atoms with E-state index in [9.17, 15) is 23.7 Å². The normalized spacial score (nSPS) is 13.1. The molecule has 0 aromatic heterocycles. The van der Waals surface area contributed by atoms with Crippen LogP contribution in [0.4, 0.5) is 0 Å². The first-order valence-corrected chi connectivity index (χ1v) is 16.1. The Bertz CT molecular complexity index is 1220. The summed E-state index contributed by atoms with van der Waals surface area (Å²) in [5.41, 5.74) is 1.19. The van der Waals surface area contributed by atoms with Gasteiger partial charge in [-0.15, -0.1) is 0 Å². The van der Waals surface area contributed by atoms with Gasteiger partial charge in [-0.05, 0) is 73.4 Å². The van der Waals surface area contributed by atoms with Gasteiger partial charge in [0.05, 0.1) is 32.0 Å². The molecule has 0 bridgehead atoms. The number of benzene rings is 2. The highest BCUT2D eigenvalue weighted by atomic mass is 32.3. The van der Waals surface area contributed by atoms with Crippen LogP contribution in [0, 0.1) is 0 Å². The Labute approximate surface area is 237 Å². The fraction of sp³-hybridized carbons (Fsp3) is 0.516. The first-order valence-electron chi connectivity index (χ1n) is 13.9. The van der Waals surface area contributed by atoms with Crippen molar-refractivity contribution in [1.29, 1.82) is 0 Å². The molecule has 2 aromatic carbocycles. The Hall–Kier alpha value is -3.04. The number of ketones is 1. The van der Waals surface area contributed by atoms with Crippen molar-refractivity contribution in [2.75, 3.05) is 32.2 Å². The molecule has 1 atom stereocenters. The number of aliphatic hydroxyl groups is 1. The van der Waals surface area contributed by atoms with Gasteiger partial charge in [0, 0.05) is 34.8 Å². The van der Waals surface area contributed by atoms with Crippen LogP contribution in [-0.4, -0.2) is 63.6 Å². The van der Waals surface area contributed by atoms with Crippen molar-refractivity contribution in [2.24, 2.45) is 0 Å². The highest BCUT2D eigenvalue weighted by molar-refractivity contribution is 8.32. The molecule has 1 unspecified atom stereocenters. The van der Waals surface area contributed by atoms with Crippen LogP contribution in [0.5, 0.6) is 11.5 Å². The van der Waals surface area contributed by atoms with E-state index >= 15 is 0 Å². The van der Waals surface area contributed by atoms with E-state index in [1.165, 1.54) is 13.8 Å². The SMILES string of the molecule is CCCc1c(OCCCS(=O)(C(C)=O)(c2ccccc2)C(C)CO)ccc(C(C)=O)c1OCCCC(=O)OCC. The van der Waals surface area contributed by atoms with Crippen molar-refractivity contribution in [2.45, 2.75) is 76.9 Å². The molecular weight excluding hydrogens is 532 g/mol. The number of carbonyl (C=O) groups excluding carboxylic acids is 3. The maximum Gasteiger partial charge on any atom is 0.305 e. The Balaban J connectivity index is 2.28. The number of esters is 1. The third kappa shape index (κ3) is 7.37. The molecule has 0 radical (unpaired) electrons. The van der Waals surface area contributed by atoms with Gasteiger partial charge in [0.25, 0.3) is 0 Å². The Kier molecular flexibility index (Phi) is 12.5. The quantitative estimate of drug-likeness (QED) is 0.156. The zero-order valence-corrected chi connectivity index (χ0v) is 25.2. The summed E-state index contributed by atoms with van der Waals surface area (Å²) in [7, 11) is -4.10. The third-order valence-corrected chi connectivity index (χ3v) is 12.6. The number of carbonyl (C=O) groups is 3. The van der Waals surface area contributed by atoms with Gasteiger partial charge in [-0.3, -0.25) is 18.6 Å². The number of aliphatic hydroxyl groups excluding tert-OH is 1. The molecule has 0 saturated heterocycles. The van der Waals surface area contributed by atoms with Crippen LogP contribution in [0.2, 0.25) is 0 Å². The van der Waals surface area contributed by atoms with Gasteiger partial charge >= 0.3 is 5.97 Å². The van der Waals surface area contributed by atoms with E-state index in [-0.39, 0.29) is 43.7 Å². The molecule has 0 aliphatic carbocycles. The van der Waals surface area contributed by atoms with E-state index in [1.54, 1.807) is 56.3 Å². The topological polar surface area (TPSA) is 116 Å². The summed E-state index contributed by atoms with van der Waals surface area (Å²) in [4.78, 5) is 37.5. The van der Waals surface area contributed by atoms with Crippen LogP contribution < -0.4 is 9.47 Å². The van der Waals surface area contributed by atoms with Gasteiger partial charge in [-0.2, -0.15) is 0 Å². The molecule has 40 heavy (non-hydrogen) atoms. The molecule has 222 valence electrons. The van der Waals surface area contributed by atoms with Gasteiger partial charge < -0.3 is 19.3 Å². The van der Waals surface area contributed by atoms with Crippen molar-refractivity contribution in [1.82, 2.24) is 0 Å². The van der Waals surface area contributed by atoms with Crippen molar-refractivity contribution in [3.63, 3.8) is 0 Å². The molecule has 2 rings (SSSR count).